The first kappa shape index (κ1) is 15.7. The third-order valence-corrected chi connectivity index (χ3v) is 8.78. The Bertz CT molecular complexity index is 385. The highest BCUT2D eigenvalue weighted by Crippen LogP contribution is 2.37. The molecule has 0 saturated carbocycles. The van der Waals surface area contributed by atoms with Crippen molar-refractivity contribution in [3.63, 3.8) is 0 Å². The molecule has 0 saturated heterocycles. The fourth-order valence-corrected chi connectivity index (χ4v) is 2.56. The monoisotopic (exact) mass is 285 g/mol. The van der Waals surface area contributed by atoms with Crippen LogP contribution >= 0.6 is 0 Å². The molecule has 0 aliphatic carbocycles. The first-order chi connectivity index (χ1) is 8.13. The van der Waals surface area contributed by atoms with Gasteiger partial charge in [0.05, 0.1) is 18.0 Å². The maximum atomic E-state index is 11.1. The lowest BCUT2D eigenvalue weighted by Crippen LogP contribution is -2.40. The maximum absolute atomic E-state index is 11.1. The molecule has 0 fully saturated rings. The number of rotatable bonds is 4. The topological polar surface area (TPSA) is 58.3 Å². The van der Waals surface area contributed by atoms with Gasteiger partial charge in [-0.15, -0.1) is 5.14 Å². The van der Waals surface area contributed by atoms with Crippen LogP contribution in [0, 0.1) is 0 Å². The third-order valence-electron chi connectivity index (χ3n) is 3.56. The second-order valence-corrected chi connectivity index (χ2v) is 11.9. The van der Waals surface area contributed by atoms with E-state index in [1.54, 1.807) is 12.1 Å². The van der Waals surface area contributed by atoms with E-state index in [0.717, 1.165) is 5.56 Å². The lowest BCUT2D eigenvalue weighted by molar-refractivity contribution is 0.276. The average Bonchev–Trinajstić information content (AvgIpc) is 2.25. The Balaban J connectivity index is 2.64. The van der Waals surface area contributed by atoms with Crippen LogP contribution in [-0.2, 0) is 22.4 Å². The summed E-state index contributed by atoms with van der Waals surface area (Å²) in [4.78, 5) is 0.645. The molecule has 1 unspecified atom stereocenters. The highest BCUT2D eigenvalue weighted by atomic mass is 32.2. The van der Waals surface area contributed by atoms with E-state index in [0.29, 0.717) is 11.5 Å². The molecule has 102 valence electrons. The van der Waals surface area contributed by atoms with E-state index in [9.17, 15) is 4.55 Å². The fraction of sp³-hybridized carbons (Fsp3) is 0.538. The zero-order valence-electron chi connectivity index (χ0n) is 11.8. The zero-order valence-corrected chi connectivity index (χ0v) is 13.6. The summed E-state index contributed by atoms with van der Waals surface area (Å²) in [5, 5.41) is 5.53. The molecule has 0 spiro atoms. The Hall–Kier alpha value is -0.333. The first-order valence-electron chi connectivity index (χ1n) is 6.02. The second kappa shape index (κ2) is 5.75. The highest BCUT2D eigenvalue weighted by Gasteiger charge is 2.36. The van der Waals surface area contributed by atoms with Gasteiger partial charge in [0.1, 0.15) is 0 Å². The molecule has 1 atom stereocenters. The van der Waals surface area contributed by atoms with Gasteiger partial charge in [-0.3, -0.25) is 0 Å². The minimum absolute atomic E-state index is 0.214. The molecule has 0 aliphatic heterocycles. The summed E-state index contributed by atoms with van der Waals surface area (Å²) in [6.07, 6.45) is 0. The smallest absolute Gasteiger partial charge is 0.192 e. The summed E-state index contributed by atoms with van der Waals surface area (Å²) in [6.45, 7) is 11.7. The molecule has 0 aliphatic rings. The summed E-state index contributed by atoms with van der Waals surface area (Å²) in [5.41, 5.74) is 1.09. The summed E-state index contributed by atoms with van der Waals surface area (Å²) < 4.78 is 17.2. The van der Waals surface area contributed by atoms with Crippen molar-refractivity contribution in [2.45, 2.75) is 50.4 Å². The van der Waals surface area contributed by atoms with Crippen LogP contribution in [0.5, 0.6) is 0 Å². The number of hydrogen-bond donors (Lipinski definition) is 1. The van der Waals surface area contributed by atoms with Gasteiger partial charge in [0, 0.05) is 0 Å². The van der Waals surface area contributed by atoms with Crippen molar-refractivity contribution in [1.82, 2.24) is 0 Å². The van der Waals surface area contributed by atoms with E-state index in [4.69, 9.17) is 9.56 Å². The van der Waals surface area contributed by atoms with E-state index < -0.39 is 19.7 Å². The van der Waals surface area contributed by atoms with E-state index >= 15 is 0 Å². The Kier molecular flexibility index (Phi) is 5.03. The molecule has 0 aromatic heterocycles. The molecule has 18 heavy (non-hydrogen) atoms. The van der Waals surface area contributed by atoms with Crippen LogP contribution in [-0.4, -0.2) is 12.9 Å². The molecule has 1 aromatic rings. The molecule has 1 aromatic carbocycles. The molecular weight excluding hydrogens is 262 g/mol. The molecule has 0 bridgehead atoms. The molecule has 0 radical (unpaired) electrons. The molecule has 0 heterocycles. The van der Waals surface area contributed by atoms with Crippen LogP contribution in [0.4, 0.5) is 0 Å². The van der Waals surface area contributed by atoms with E-state index in [1.165, 1.54) is 0 Å². The molecule has 5 heteroatoms. The quantitative estimate of drug-likeness (QED) is 0.682. The van der Waals surface area contributed by atoms with Crippen LogP contribution in [0.1, 0.15) is 26.3 Å². The lowest BCUT2D eigenvalue weighted by atomic mass is 10.2. The predicted molar refractivity (Wildman–Crippen MR) is 79.0 cm³/mol. The largest absolute Gasteiger partial charge is 0.593 e. The second-order valence-electron chi connectivity index (χ2n) is 5.99. The lowest BCUT2D eigenvalue weighted by Gasteiger charge is -2.36. The third kappa shape index (κ3) is 4.10. The maximum Gasteiger partial charge on any atom is 0.192 e. The average molecular weight is 285 g/mol. The van der Waals surface area contributed by atoms with Gasteiger partial charge in [0.15, 0.2) is 13.2 Å². The minimum atomic E-state index is -1.71. The van der Waals surface area contributed by atoms with Gasteiger partial charge >= 0.3 is 0 Å². The van der Waals surface area contributed by atoms with Crippen LogP contribution in [0.25, 0.3) is 0 Å². The van der Waals surface area contributed by atoms with Gasteiger partial charge in [-0.05, 0) is 35.8 Å². The van der Waals surface area contributed by atoms with E-state index in [1.807, 2.05) is 12.1 Å². The van der Waals surface area contributed by atoms with Crippen molar-refractivity contribution in [3.8, 4) is 0 Å². The standard InChI is InChI=1S/C13H23NO2SSi/c1-13(2,3)18(4,5)16-10-11-6-8-12(9-7-11)17(14)15/h6-9H,10,14H2,1-5H3. The van der Waals surface area contributed by atoms with Crippen molar-refractivity contribution in [2.24, 2.45) is 5.14 Å². The van der Waals surface area contributed by atoms with Crippen molar-refractivity contribution >= 4 is 19.7 Å². The first-order valence-corrected chi connectivity index (χ1v) is 10.1. The number of hydrogen-bond acceptors (Lipinski definition) is 3. The molecule has 3 nitrogen and oxygen atoms in total. The summed E-state index contributed by atoms with van der Waals surface area (Å²) in [7, 11) is -1.71. The van der Waals surface area contributed by atoms with Crippen molar-refractivity contribution < 1.29 is 8.98 Å². The molecular formula is C13H23NO2SSi. The van der Waals surface area contributed by atoms with Gasteiger partial charge < -0.3 is 8.98 Å². The Morgan fingerprint density at radius 3 is 2.11 bits per heavy atom. The number of nitrogens with two attached hydrogens (primary N) is 1. The Labute approximate surface area is 114 Å². The number of benzene rings is 1. The minimum Gasteiger partial charge on any atom is -0.593 e. The summed E-state index contributed by atoms with van der Waals surface area (Å²) in [6, 6.07) is 7.43. The van der Waals surface area contributed by atoms with Crippen LogP contribution in [0.3, 0.4) is 0 Å². The van der Waals surface area contributed by atoms with Crippen LogP contribution in [0.2, 0.25) is 18.1 Å². The molecule has 0 amide bonds. The van der Waals surface area contributed by atoms with Crippen molar-refractivity contribution in [1.29, 1.82) is 0 Å². The van der Waals surface area contributed by atoms with Gasteiger partial charge in [0.25, 0.3) is 0 Å². The summed E-state index contributed by atoms with van der Waals surface area (Å²) >= 11 is -1.40. The van der Waals surface area contributed by atoms with Crippen LogP contribution < -0.4 is 5.14 Å². The van der Waals surface area contributed by atoms with Gasteiger partial charge in [-0.1, -0.05) is 32.9 Å². The van der Waals surface area contributed by atoms with Gasteiger partial charge in [-0.2, -0.15) is 0 Å². The highest BCUT2D eigenvalue weighted by molar-refractivity contribution is 7.89. The van der Waals surface area contributed by atoms with Gasteiger partial charge in [0.2, 0.25) is 0 Å². The van der Waals surface area contributed by atoms with E-state index in [-0.39, 0.29) is 5.04 Å². The fourth-order valence-electron chi connectivity index (χ4n) is 1.20. The Morgan fingerprint density at radius 2 is 1.72 bits per heavy atom. The molecule has 1 rings (SSSR count). The Morgan fingerprint density at radius 1 is 1.22 bits per heavy atom. The van der Waals surface area contributed by atoms with Gasteiger partial charge in [-0.25, -0.2) is 0 Å². The van der Waals surface area contributed by atoms with Crippen molar-refractivity contribution in [3.05, 3.63) is 29.8 Å². The van der Waals surface area contributed by atoms with E-state index in [2.05, 4.69) is 33.9 Å². The normalized spacial score (nSPS) is 14.6. The molecule has 2 N–H and O–H groups in total. The predicted octanol–water partition coefficient (Wildman–Crippen LogP) is 3.19. The SMILES string of the molecule is CC(C)(C)[Si](C)(C)OCc1ccc([S+](N)[O-])cc1. The van der Waals surface area contributed by atoms with Crippen molar-refractivity contribution in [2.75, 3.05) is 0 Å². The van der Waals surface area contributed by atoms with Crippen LogP contribution in [0.15, 0.2) is 29.2 Å². The zero-order chi connectivity index (χ0) is 14.0. The summed E-state index contributed by atoms with van der Waals surface area (Å²) in [5.74, 6) is 0.